The van der Waals surface area contributed by atoms with Gasteiger partial charge < -0.3 is 10.4 Å². The van der Waals surface area contributed by atoms with Crippen molar-refractivity contribution < 1.29 is 5.11 Å². The van der Waals surface area contributed by atoms with Crippen LogP contribution in [-0.2, 0) is 0 Å². The predicted molar refractivity (Wildman–Crippen MR) is 73.8 cm³/mol. The Labute approximate surface area is 113 Å². The summed E-state index contributed by atoms with van der Waals surface area (Å²) >= 11 is 11.8. The van der Waals surface area contributed by atoms with Crippen molar-refractivity contribution in [2.24, 2.45) is 0 Å². The quantitative estimate of drug-likeness (QED) is 0.857. The standard InChI is InChI=1S/C13H19Cl2NO/c1-4-13(3,17)8-16-9(2)10-5-6-11(14)12(15)7-10/h5-7,9,16-17H,4,8H2,1-3H3. The highest BCUT2D eigenvalue weighted by molar-refractivity contribution is 6.42. The first-order valence-corrected chi connectivity index (χ1v) is 6.52. The van der Waals surface area contributed by atoms with E-state index in [1.165, 1.54) is 0 Å². The Morgan fingerprint density at radius 1 is 1.35 bits per heavy atom. The molecule has 2 atom stereocenters. The van der Waals surface area contributed by atoms with Crippen LogP contribution >= 0.6 is 23.2 Å². The molecule has 2 N–H and O–H groups in total. The molecular weight excluding hydrogens is 257 g/mol. The molecule has 0 saturated carbocycles. The Kier molecular flexibility index (Phi) is 5.26. The molecule has 0 aliphatic heterocycles. The summed E-state index contributed by atoms with van der Waals surface area (Å²) in [5.74, 6) is 0. The van der Waals surface area contributed by atoms with Crippen molar-refractivity contribution in [3.8, 4) is 0 Å². The minimum Gasteiger partial charge on any atom is -0.389 e. The first-order valence-electron chi connectivity index (χ1n) is 5.76. The van der Waals surface area contributed by atoms with Crippen LogP contribution in [0, 0.1) is 0 Å². The average Bonchev–Trinajstić information content (AvgIpc) is 2.30. The minimum absolute atomic E-state index is 0.128. The van der Waals surface area contributed by atoms with Gasteiger partial charge in [0.1, 0.15) is 0 Å². The van der Waals surface area contributed by atoms with Gasteiger partial charge in [-0.05, 0) is 38.0 Å². The van der Waals surface area contributed by atoms with Gasteiger partial charge in [-0.2, -0.15) is 0 Å². The number of nitrogens with one attached hydrogen (secondary N) is 1. The first kappa shape index (κ1) is 14.8. The molecule has 0 aliphatic carbocycles. The van der Waals surface area contributed by atoms with E-state index in [2.05, 4.69) is 5.32 Å². The van der Waals surface area contributed by atoms with E-state index in [-0.39, 0.29) is 6.04 Å². The molecule has 0 radical (unpaired) electrons. The molecule has 17 heavy (non-hydrogen) atoms. The molecule has 0 saturated heterocycles. The Morgan fingerprint density at radius 2 is 2.00 bits per heavy atom. The lowest BCUT2D eigenvalue weighted by molar-refractivity contribution is 0.0533. The number of halogens is 2. The molecule has 0 bridgehead atoms. The van der Waals surface area contributed by atoms with Gasteiger partial charge in [-0.15, -0.1) is 0 Å². The summed E-state index contributed by atoms with van der Waals surface area (Å²) in [4.78, 5) is 0. The van der Waals surface area contributed by atoms with Crippen molar-refractivity contribution in [2.45, 2.75) is 38.8 Å². The number of aliphatic hydroxyl groups is 1. The molecule has 4 heteroatoms. The van der Waals surface area contributed by atoms with Gasteiger partial charge in [0, 0.05) is 12.6 Å². The van der Waals surface area contributed by atoms with E-state index < -0.39 is 5.60 Å². The Morgan fingerprint density at radius 3 is 2.53 bits per heavy atom. The second-order valence-corrected chi connectivity index (χ2v) is 5.44. The van der Waals surface area contributed by atoms with Gasteiger partial charge in [-0.3, -0.25) is 0 Å². The number of hydrogen-bond donors (Lipinski definition) is 2. The van der Waals surface area contributed by atoms with E-state index in [1.54, 1.807) is 6.07 Å². The molecule has 2 unspecified atom stereocenters. The third-order valence-corrected chi connectivity index (χ3v) is 3.73. The fraction of sp³-hybridized carbons (Fsp3) is 0.538. The summed E-state index contributed by atoms with van der Waals surface area (Å²) in [5, 5.41) is 14.3. The summed E-state index contributed by atoms with van der Waals surface area (Å²) in [6, 6.07) is 5.70. The lowest BCUT2D eigenvalue weighted by atomic mass is 10.0. The van der Waals surface area contributed by atoms with Crippen molar-refractivity contribution >= 4 is 23.2 Å². The molecule has 1 aromatic carbocycles. The predicted octanol–water partition coefficient (Wildman–Crippen LogP) is 3.81. The largest absolute Gasteiger partial charge is 0.389 e. The maximum absolute atomic E-state index is 9.91. The van der Waals surface area contributed by atoms with Crippen molar-refractivity contribution in [3.63, 3.8) is 0 Å². The molecule has 96 valence electrons. The molecule has 0 fully saturated rings. The summed E-state index contributed by atoms with van der Waals surface area (Å²) in [6.07, 6.45) is 0.716. The van der Waals surface area contributed by atoms with Crippen LogP contribution in [-0.4, -0.2) is 17.3 Å². The highest BCUT2D eigenvalue weighted by Crippen LogP contribution is 2.25. The molecule has 0 amide bonds. The first-order chi connectivity index (χ1) is 7.85. The number of benzene rings is 1. The maximum Gasteiger partial charge on any atom is 0.0741 e. The van der Waals surface area contributed by atoms with Crippen LogP contribution in [0.15, 0.2) is 18.2 Å². The van der Waals surface area contributed by atoms with Crippen molar-refractivity contribution in [2.75, 3.05) is 6.54 Å². The van der Waals surface area contributed by atoms with Gasteiger partial charge >= 0.3 is 0 Å². The highest BCUT2D eigenvalue weighted by Gasteiger charge is 2.18. The molecule has 0 heterocycles. The molecule has 1 aromatic rings. The van der Waals surface area contributed by atoms with Gasteiger partial charge in [-0.25, -0.2) is 0 Å². The van der Waals surface area contributed by atoms with Crippen LogP contribution in [0.4, 0.5) is 0 Å². The lowest BCUT2D eigenvalue weighted by Gasteiger charge is -2.24. The highest BCUT2D eigenvalue weighted by atomic mass is 35.5. The van der Waals surface area contributed by atoms with Gasteiger partial charge in [0.25, 0.3) is 0 Å². The van der Waals surface area contributed by atoms with E-state index in [1.807, 2.05) is 32.9 Å². The van der Waals surface area contributed by atoms with Crippen molar-refractivity contribution in [1.82, 2.24) is 5.32 Å². The normalized spacial score (nSPS) is 16.6. The SMILES string of the molecule is CCC(C)(O)CNC(C)c1ccc(Cl)c(Cl)c1. The Hall–Kier alpha value is -0.280. The molecule has 2 nitrogen and oxygen atoms in total. The topological polar surface area (TPSA) is 32.3 Å². The molecule has 0 aliphatic rings. The van der Waals surface area contributed by atoms with Gasteiger partial charge in [0.2, 0.25) is 0 Å². The second kappa shape index (κ2) is 6.05. The van der Waals surface area contributed by atoms with E-state index >= 15 is 0 Å². The lowest BCUT2D eigenvalue weighted by Crippen LogP contribution is -2.38. The van der Waals surface area contributed by atoms with E-state index in [0.29, 0.717) is 23.0 Å². The molecule has 0 aromatic heterocycles. The smallest absolute Gasteiger partial charge is 0.0741 e. The summed E-state index contributed by atoms with van der Waals surface area (Å²) < 4.78 is 0. The van der Waals surface area contributed by atoms with Crippen LogP contribution in [0.1, 0.15) is 38.8 Å². The van der Waals surface area contributed by atoms with Gasteiger partial charge in [0.15, 0.2) is 0 Å². The van der Waals surface area contributed by atoms with Crippen LogP contribution < -0.4 is 5.32 Å². The van der Waals surface area contributed by atoms with Crippen LogP contribution in [0.5, 0.6) is 0 Å². The number of hydrogen-bond acceptors (Lipinski definition) is 2. The van der Waals surface area contributed by atoms with E-state index in [4.69, 9.17) is 23.2 Å². The maximum atomic E-state index is 9.91. The van der Waals surface area contributed by atoms with Crippen LogP contribution in [0.25, 0.3) is 0 Å². The molecular formula is C13H19Cl2NO. The van der Waals surface area contributed by atoms with Crippen LogP contribution in [0.2, 0.25) is 10.0 Å². The zero-order valence-corrected chi connectivity index (χ0v) is 11.9. The Balaban J connectivity index is 2.64. The van der Waals surface area contributed by atoms with E-state index in [9.17, 15) is 5.11 Å². The van der Waals surface area contributed by atoms with E-state index in [0.717, 1.165) is 5.56 Å². The van der Waals surface area contributed by atoms with Crippen molar-refractivity contribution in [1.29, 1.82) is 0 Å². The fourth-order valence-electron chi connectivity index (χ4n) is 1.40. The molecule has 1 rings (SSSR count). The zero-order valence-electron chi connectivity index (χ0n) is 10.4. The minimum atomic E-state index is -0.676. The monoisotopic (exact) mass is 275 g/mol. The third kappa shape index (κ3) is 4.47. The second-order valence-electron chi connectivity index (χ2n) is 4.63. The summed E-state index contributed by atoms with van der Waals surface area (Å²) in [7, 11) is 0. The van der Waals surface area contributed by atoms with Crippen molar-refractivity contribution in [3.05, 3.63) is 33.8 Å². The van der Waals surface area contributed by atoms with Gasteiger partial charge in [0.05, 0.1) is 15.6 Å². The van der Waals surface area contributed by atoms with Crippen LogP contribution in [0.3, 0.4) is 0 Å². The Bertz CT molecular complexity index is 380. The number of rotatable bonds is 5. The summed E-state index contributed by atoms with van der Waals surface area (Å²) in [6.45, 7) is 6.36. The summed E-state index contributed by atoms with van der Waals surface area (Å²) in [5.41, 5.74) is 0.385. The zero-order chi connectivity index (χ0) is 13.1. The fourth-order valence-corrected chi connectivity index (χ4v) is 1.70. The van der Waals surface area contributed by atoms with Gasteiger partial charge in [-0.1, -0.05) is 36.2 Å². The third-order valence-electron chi connectivity index (χ3n) is 2.99. The molecule has 0 spiro atoms. The average molecular weight is 276 g/mol.